The van der Waals surface area contributed by atoms with Crippen LogP contribution in [0.2, 0.25) is 0 Å². The van der Waals surface area contributed by atoms with E-state index >= 15 is 0 Å². The second-order valence-electron chi connectivity index (χ2n) is 5.43. The molecule has 4 heteroatoms. The van der Waals surface area contributed by atoms with Gasteiger partial charge in [0.25, 0.3) is 5.79 Å². The van der Waals surface area contributed by atoms with Crippen LogP contribution in [0, 0.1) is 22.7 Å². The van der Waals surface area contributed by atoms with Crippen molar-refractivity contribution in [2.45, 2.75) is 38.9 Å². The Morgan fingerprint density at radius 3 is 1.67 bits per heavy atom. The quantitative estimate of drug-likeness (QED) is 0.688. The van der Waals surface area contributed by atoms with E-state index in [0.717, 1.165) is 6.42 Å². The molecule has 0 aromatic heterocycles. The van der Waals surface area contributed by atoms with E-state index in [0.29, 0.717) is 35.5 Å². The zero-order chi connectivity index (χ0) is 17.4. The lowest BCUT2D eigenvalue weighted by atomic mass is 10.1. The van der Waals surface area contributed by atoms with Crippen molar-refractivity contribution in [2.75, 3.05) is 0 Å². The van der Waals surface area contributed by atoms with Gasteiger partial charge in [-0.3, -0.25) is 0 Å². The van der Waals surface area contributed by atoms with Gasteiger partial charge in [-0.05, 0) is 30.7 Å². The molecule has 2 rings (SSSR count). The Labute approximate surface area is 142 Å². The summed E-state index contributed by atoms with van der Waals surface area (Å²) in [7, 11) is 0. The molecule has 0 aliphatic rings. The van der Waals surface area contributed by atoms with E-state index in [9.17, 15) is 10.5 Å². The van der Waals surface area contributed by atoms with Crippen molar-refractivity contribution in [3.63, 3.8) is 0 Å². The van der Waals surface area contributed by atoms with Gasteiger partial charge in [-0.1, -0.05) is 38.1 Å². The fourth-order valence-electron chi connectivity index (χ4n) is 2.52. The molecule has 0 saturated heterocycles. The van der Waals surface area contributed by atoms with E-state index in [1.165, 1.54) is 0 Å². The summed E-state index contributed by atoms with van der Waals surface area (Å²) in [6.45, 7) is 4.02. The summed E-state index contributed by atoms with van der Waals surface area (Å²) in [6.07, 6.45) is 2.07. The molecule has 122 valence electrons. The Kier molecular flexibility index (Phi) is 5.82. The fourth-order valence-corrected chi connectivity index (χ4v) is 2.52. The van der Waals surface area contributed by atoms with Crippen LogP contribution >= 0.6 is 0 Å². The average molecular weight is 320 g/mol. The van der Waals surface area contributed by atoms with Crippen LogP contribution in [0.25, 0.3) is 0 Å². The minimum Gasteiger partial charge on any atom is -0.451 e. The SMILES string of the molecule is CCCC(CC)(Oc1ccccc1C#N)Oc1ccccc1C#N. The van der Waals surface area contributed by atoms with Crippen molar-refractivity contribution in [3.8, 4) is 23.6 Å². The normalized spacial score (nSPS) is 10.5. The van der Waals surface area contributed by atoms with Crippen LogP contribution in [0.1, 0.15) is 44.2 Å². The molecule has 0 saturated carbocycles. The highest BCUT2D eigenvalue weighted by Gasteiger charge is 2.33. The largest absolute Gasteiger partial charge is 0.451 e. The number of hydrogen-bond donors (Lipinski definition) is 0. The van der Waals surface area contributed by atoms with Gasteiger partial charge in [0.2, 0.25) is 0 Å². The Balaban J connectivity index is 2.39. The molecule has 0 aliphatic carbocycles. The number of nitrogens with zero attached hydrogens (tertiary/aromatic N) is 2. The highest BCUT2D eigenvalue weighted by atomic mass is 16.7. The maximum atomic E-state index is 9.28. The van der Waals surface area contributed by atoms with E-state index in [1.54, 1.807) is 36.4 Å². The van der Waals surface area contributed by atoms with E-state index < -0.39 is 5.79 Å². The Morgan fingerprint density at radius 1 is 0.833 bits per heavy atom. The van der Waals surface area contributed by atoms with Gasteiger partial charge in [0.1, 0.15) is 23.6 Å². The van der Waals surface area contributed by atoms with Gasteiger partial charge >= 0.3 is 0 Å². The highest BCUT2D eigenvalue weighted by molar-refractivity contribution is 5.44. The van der Waals surface area contributed by atoms with Gasteiger partial charge in [-0.15, -0.1) is 0 Å². The standard InChI is InChI=1S/C20H20N2O2/c1-3-13-20(4-2,23-18-11-7-5-9-16(18)14-21)24-19-12-8-6-10-17(19)15-22/h5-12H,3-4,13H2,1-2H3. The molecule has 0 fully saturated rings. The number of ether oxygens (including phenoxy) is 2. The molecular formula is C20H20N2O2. The monoisotopic (exact) mass is 320 g/mol. The molecule has 0 aliphatic heterocycles. The Morgan fingerprint density at radius 2 is 1.29 bits per heavy atom. The van der Waals surface area contributed by atoms with Crippen molar-refractivity contribution in [3.05, 3.63) is 59.7 Å². The lowest BCUT2D eigenvalue weighted by molar-refractivity contribution is -0.122. The number of para-hydroxylation sites is 2. The third-order valence-corrected chi connectivity index (χ3v) is 3.78. The molecule has 0 N–H and O–H groups in total. The van der Waals surface area contributed by atoms with Gasteiger partial charge in [-0.2, -0.15) is 10.5 Å². The van der Waals surface area contributed by atoms with Crippen LogP contribution in [0.5, 0.6) is 11.5 Å². The molecule has 2 aromatic carbocycles. The zero-order valence-corrected chi connectivity index (χ0v) is 14.0. The first-order valence-corrected chi connectivity index (χ1v) is 8.04. The summed E-state index contributed by atoms with van der Waals surface area (Å²) in [6, 6.07) is 18.5. The van der Waals surface area contributed by atoms with Crippen molar-refractivity contribution in [1.82, 2.24) is 0 Å². The first-order chi connectivity index (χ1) is 11.7. The predicted octanol–water partition coefficient (Wildman–Crippen LogP) is 4.79. The topological polar surface area (TPSA) is 66.0 Å². The average Bonchev–Trinajstić information content (AvgIpc) is 2.62. The third kappa shape index (κ3) is 3.86. The maximum absolute atomic E-state index is 9.28. The summed E-state index contributed by atoms with van der Waals surface area (Å²) in [4.78, 5) is 0. The van der Waals surface area contributed by atoms with Crippen LogP contribution < -0.4 is 9.47 Å². The van der Waals surface area contributed by atoms with Crippen LogP contribution in [0.4, 0.5) is 0 Å². The molecule has 0 spiro atoms. The van der Waals surface area contributed by atoms with Crippen LogP contribution in [-0.2, 0) is 0 Å². The third-order valence-electron chi connectivity index (χ3n) is 3.78. The minimum atomic E-state index is -0.922. The minimum absolute atomic E-state index is 0.462. The van der Waals surface area contributed by atoms with E-state index in [4.69, 9.17) is 9.47 Å². The van der Waals surface area contributed by atoms with Crippen molar-refractivity contribution in [2.24, 2.45) is 0 Å². The Bertz CT molecular complexity index is 712. The molecule has 0 heterocycles. The molecule has 2 aromatic rings. The van der Waals surface area contributed by atoms with Crippen molar-refractivity contribution >= 4 is 0 Å². The second-order valence-corrected chi connectivity index (χ2v) is 5.43. The summed E-state index contributed by atoms with van der Waals surface area (Å²) >= 11 is 0. The summed E-state index contributed by atoms with van der Waals surface area (Å²) in [5, 5.41) is 18.6. The Hall–Kier alpha value is -2.98. The van der Waals surface area contributed by atoms with Crippen molar-refractivity contribution < 1.29 is 9.47 Å². The molecule has 0 amide bonds. The van der Waals surface area contributed by atoms with E-state index in [2.05, 4.69) is 12.1 Å². The summed E-state index contributed by atoms with van der Waals surface area (Å²) < 4.78 is 12.3. The van der Waals surface area contributed by atoms with Crippen LogP contribution in [0.15, 0.2) is 48.5 Å². The van der Waals surface area contributed by atoms with E-state index in [-0.39, 0.29) is 0 Å². The fraction of sp³-hybridized carbons (Fsp3) is 0.300. The van der Waals surface area contributed by atoms with Crippen molar-refractivity contribution in [1.29, 1.82) is 10.5 Å². The van der Waals surface area contributed by atoms with E-state index in [1.807, 2.05) is 26.0 Å². The summed E-state index contributed by atoms with van der Waals surface area (Å²) in [5.74, 6) is 0.0590. The van der Waals surface area contributed by atoms with Gasteiger partial charge in [0, 0.05) is 12.8 Å². The smallest absolute Gasteiger partial charge is 0.251 e. The van der Waals surface area contributed by atoms with Crippen LogP contribution in [0.3, 0.4) is 0 Å². The molecule has 0 atom stereocenters. The molecule has 0 radical (unpaired) electrons. The van der Waals surface area contributed by atoms with Gasteiger partial charge in [-0.25, -0.2) is 0 Å². The van der Waals surface area contributed by atoms with Crippen LogP contribution in [-0.4, -0.2) is 5.79 Å². The zero-order valence-electron chi connectivity index (χ0n) is 14.0. The number of rotatable bonds is 7. The second kappa shape index (κ2) is 8.04. The number of hydrogen-bond acceptors (Lipinski definition) is 4. The molecule has 0 bridgehead atoms. The lowest BCUT2D eigenvalue weighted by Crippen LogP contribution is -2.42. The highest BCUT2D eigenvalue weighted by Crippen LogP contribution is 2.32. The lowest BCUT2D eigenvalue weighted by Gasteiger charge is -2.34. The summed E-state index contributed by atoms with van der Waals surface area (Å²) in [5.41, 5.74) is 0.923. The first-order valence-electron chi connectivity index (χ1n) is 8.04. The van der Waals surface area contributed by atoms with Gasteiger partial charge < -0.3 is 9.47 Å². The molecule has 0 unspecified atom stereocenters. The number of nitriles is 2. The van der Waals surface area contributed by atoms with Gasteiger partial charge in [0.05, 0.1) is 11.1 Å². The molecular weight excluding hydrogens is 300 g/mol. The molecule has 24 heavy (non-hydrogen) atoms. The predicted molar refractivity (Wildman–Crippen MR) is 91.5 cm³/mol. The maximum Gasteiger partial charge on any atom is 0.251 e. The first kappa shape index (κ1) is 17.4. The van der Waals surface area contributed by atoms with Gasteiger partial charge in [0.15, 0.2) is 0 Å². The molecule has 4 nitrogen and oxygen atoms in total. The number of benzene rings is 2.